The van der Waals surface area contributed by atoms with Crippen LogP contribution in [0.25, 0.3) is 0 Å². The van der Waals surface area contributed by atoms with Crippen LogP contribution in [-0.2, 0) is 4.79 Å². The molecule has 0 saturated carbocycles. The van der Waals surface area contributed by atoms with Crippen LogP contribution in [0.1, 0.15) is 20.8 Å². The number of likely N-dealkylation sites (N-methyl/N-ethyl adjacent to an activating group) is 1. The van der Waals surface area contributed by atoms with Crippen molar-refractivity contribution in [3.8, 4) is 5.75 Å². The Kier molecular flexibility index (Phi) is 4.83. The van der Waals surface area contributed by atoms with Crippen molar-refractivity contribution in [1.29, 1.82) is 0 Å². The second kappa shape index (κ2) is 6.16. The third-order valence-electron chi connectivity index (χ3n) is 2.41. The molecule has 0 aliphatic rings. The molecule has 0 spiro atoms. The molecule has 1 atom stereocenters. The normalized spacial score (nSPS) is 11.9. The summed E-state index contributed by atoms with van der Waals surface area (Å²) in [4.78, 5) is 13.7. The number of ether oxygens (including phenoxy) is 1. The molecule has 16 heavy (non-hydrogen) atoms. The molecule has 0 fully saturated rings. The molecule has 1 aromatic rings. The van der Waals surface area contributed by atoms with E-state index < -0.39 is 6.10 Å². The summed E-state index contributed by atoms with van der Waals surface area (Å²) in [7, 11) is 0. The highest BCUT2D eigenvalue weighted by Crippen LogP contribution is 2.11. The minimum Gasteiger partial charge on any atom is -0.480 e. The number of carbonyl (C=O) groups is 1. The zero-order chi connectivity index (χ0) is 12.0. The van der Waals surface area contributed by atoms with Gasteiger partial charge in [0.2, 0.25) is 0 Å². The Morgan fingerprint density at radius 1 is 1.44 bits per heavy atom. The first-order chi connectivity index (χ1) is 7.69. The summed E-state index contributed by atoms with van der Waals surface area (Å²) in [5, 5.41) is 0. The minimum atomic E-state index is -0.460. The Balaban J connectivity index is 2.58. The van der Waals surface area contributed by atoms with Crippen molar-refractivity contribution in [2.45, 2.75) is 26.9 Å². The number of hydrogen-bond donors (Lipinski definition) is 0. The van der Waals surface area contributed by atoms with Gasteiger partial charge >= 0.3 is 0 Å². The average molecular weight is 220 g/mol. The number of hydrogen-bond acceptors (Lipinski definition) is 2. The molecule has 3 nitrogen and oxygen atoms in total. The van der Waals surface area contributed by atoms with Gasteiger partial charge in [0.1, 0.15) is 5.75 Å². The van der Waals surface area contributed by atoms with Crippen LogP contribution in [0.5, 0.6) is 5.75 Å². The summed E-state index contributed by atoms with van der Waals surface area (Å²) in [6.45, 7) is 7.11. The Morgan fingerprint density at radius 2 is 2.12 bits per heavy atom. The van der Waals surface area contributed by atoms with E-state index in [-0.39, 0.29) is 5.91 Å². The molecule has 1 unspecified atom stereocenters. The molecule has 1 rings (SSSR count). The zero-order valence-electron chi connectivity index (χ0n) is 10.1. The van der Waals surface area contributed by atoms with Gasteiger partial charge in [-0.25, -0.2) is 0 Å². The Labute approximate surface area is 97.0 Å². The number of amides is 1. The molecule has 0 aliphatic heterocycles. The summed E-state index contributed by atoms with van der Waals surface area (Å²) in [6, 6.07) is 10.2. The highest BCUT2D eigenvalue weighted by Gasteiger charge is 2.19. The van der Waals surface area contributed by atoms with E-state index in [1.54, 1.807) is 24.0 Å². The largest absolute Gasteiger partial charge is 0.480 e. The van der Waals surface area contributed by atoms with Crippen LogP contribution >= 0.6 is 0 Å². The van der Waals surface area contributed by atoms with Gasteiger partial charge in [0, 0.05) is 19.2 Å². The lowest BCUT2D eigenvalue weighted by molar-refractivity contribution is -0.137. The third kappa shape index (κ3) is 3.26. The van der Waals surface area contributed by atoms with Crippen LogP contribution in [0.15, 0.2) is 24.3 Å². The maximum Gasteiger partial charge on any atom is 0.263 e. The van der Waals surface area contributed by atoms with E-state index in [0.29, 0.717) is 18.8 Å². The van der Waals surface area contributed by atoms with Crippen LogP contribution in [0.2, 0.25) is 0 Å². The molecular formula is C13H18NO2. The Morgan fingerprint density at radius 3 is 2.62 bits per heavy atom. The van der Waals surface area contributed by atoms with E-state index in [2.05, 4.69) is 6.07 Å². The summed E-state index contributed by atoms with van der Waals surface area (Å²) >= 11 is 0. The molecule has 0 aliphatic carbocycles. The number of benzene rings is 1. The number of carbonyl (C=O) groups excluding carboxylic acids is 1. The zero-order valence-corrected chi connectivity index (χ0v) is 10.1. The maximum atomic E-state index is 11.9. The first-order valence-electron chi connectivity index (χ1n) is 5.61. The standard InChI is InChI=1S/C13H18NO2/c1-4-14(5-2)13(15)11(3)16-12-9-7-6-8-10-12/h6-9,11H,4-5H2,1-3H3. The van der Waals surface area contributed by atoms with Crippen molar-refractivity contribution in [2.24, 2.45) is 0 Å². The predicted octanol–water partition coefficient (Wildman–Crippen LogP) is 2.12. The fourth-order valence-electron chi connectivity index (χ4n) is 1.48. The molecule has 87 valence electrons. The van der Waals surface area contributed by atoms with Gasteiger partial charge in [0.15, 0.2) is 6.10 Å². The van der Waals surface area contributed by atoms with Gasteiger partial charge in [-0.3, -0.25) is 4.79 Å². The average Bonchev–Trinajstić information content (AvgIpc) is 2.31. The highest BCUT2D eigenvalue weighted by molar-refractivity contribution is 5.80. The van der Waals surface area contributed by atoms with E-state index >= 15 is 0 Å². The van der Waals surface area contributed by atoms with E-state index in [4.69, 9.17) is 4.74 Å². The number of para-hydroxylation sites is 1. The van der Waals surface area contributed by atoms with Gasteiger partial charge in [-0.1, -0.05) is 18.2 Å². The van der Waals surface area contributed by atoms with Crippen LogP contribution in [-0.4, -0.2) is 30.0 Å². The molecule has 0 saturated heterocycles. The molecule has 3 heteroatoms. The van der Waals surface area contributed by atoms with Gasteiger partial charge in [-0.2, -0.15) is 0 Å². The maximum absolute atomic E-state index is 11.9. The fourth-order valence-corrected chi connectivity index (χ4v) is 1.48. The molecule has 0 heterocycles. The predicted molar refractivity (Wildman–Crippen MR) is 63.3 cm³/mol. The molecular weight excluding hydrogens is 202 g/mol. The van der Waals surface area contributed by atoms with Crippen molar-refractivity contribution in [3.63, 3.8) is 0 Å². The second-order valence-electron chi connectivity index (χ2n) is 3.50. The van der Waals surface area contributed by atoms with Crippen molar-refractivity contribution in [2.75, 3.05) is 13.1 Å². The van der Waals surface area contributed by atoms with Crippen LogP contribution < -0.4 is 4.74 Å². The molecule has 0 N–H and O–H groups in total. The summed E-state index contributed by atoms with van der Waals surface area (Å²) in [5.74, 6) is 0.623. The van der Waals surface area contributed by atoms with E-state index in [1.807, 2.05) is 26.0 Å². The monoisotopic (exact) mass is 220 g/mol. The van der Waals surface area contributed by atoms with Crippen molar-refractivity contribution in [1.82, 2.24) is 4.90 Å². The summed E-state index contributed by atoms with van der Waals surface area (Å²) in [6.07, 6.45) is -0.460. The van der Waals surface area contributed by atoms with Gasteiger partial charge in [-0.05, 0) is 26.8 Å². The van der Waals surface area contributed by atoms with Gasteiger partial charge in [0.25, 0.3) is 5.91 Å². The first kappa shape index (κ1) is 12.6. The number of nitrogens with zero attached hydrogens (tertiary/aromatic N) is 1. The molecule has 0 aromatic heterocycles. The molecule has 1 amide bonds. The highest BCUT2D eigenvalue weighted by atomic mass is 16.5. The lowest BCUT2D eigenvalue weighted by atomic mass is 10.3. The third-order valence-corrected chi connectivity index (χ3v) is 2.41. The van der Waals surface area contributed by atoms with Crippen molar-refractivity contribution >= 4 is 5.91 Å². The second-order valence-corrected chi connectivity index (χ2v) is 3.50. The lowest BCUT2D eigenvalue weighted by Crippen LogP contribution is -2.40. The van der Waals surface area contributed by atoms with Crippen LogP contribution in [0.4, 0.5) is 0 Å². The van der Waals surface area contributed by atoms with Crippen LogP contribution in [0, 0.1) is 6.07 Å². The smallest absolute Gasteiger partial charge is 0.263 e. The fraction of sp³-hybridized carbons (Fsp3) is 0.462. The van der Waals surface area contributed by atoms with Crippen LogP contribution in [0.3, 0.4) is 0 Å². The SMILES string of the molecule is CCN(CC)C(=O)C(C)Oc1[c]cccc1. The number of rotatable bonds is 5. The Bertz CT molecular complexity index is 320. The van der Waals surface area contributed by atoms with E-state index in [0.717, 1.165) is 0 Å². The topological polar surface area (TPSA) is 29.5 Å². The molecule has 1 aromatic carbocycles. The lowest BCUT2D eigenvalue weighted by Gasteiger charge is -2.23. The minimum absolute atomic E-state index is 0.0160. The first-order valence-corrected chi connectivity index (χ1v) is 5.61. The van der Waals surface area contributed by atoms with Crippen molar-refractivity contribution in [3.05, 3.63) is 30.3 Å². The quantitative estimate of drug-likeness (QED) is 0.760. The van der Waals surface area contributed by atoms with Gasteiger partial charge in [0.05, 0.1) is 0 Å². The van der Waals surface area contributed by atoms with Gasteiger partial charge < -0.3 is 9.64 Å². The molecule has 0 bridgehead atoms. The van der Waals surface area contributed by atoms with E-state index in [1.165, 1.54) is 0 Å². The van der Waals surface area contributed by atoms with Gasteiger partial charge in [-0.15, -0.1) is 0 Å². The molecule has 1 radical (unpaired) electrons. The summed E-state index contributed by atoms with van der Waals surface area (Å²) < 4.78 is 5.51. The van der Waals surface area contributed by atoms with E-state index in [9.17, 15) is 4.79 Å². The van der Waals surface area contributed by atoms with Crippen molar-refractivity contribution < 1.29 is 9.53 Å². The summed E-state index contributed by atoms with van der Waals surface area (Å²) in [5.41, 5.74) is 0. The Hall–Kier alpha value is -1.51.